The third kappa shape index (κ3) is 3.88. The molecule has 4 heterocycles. The Morgan fingerprint density at radius 3 is 2.52 bits per heavy atom. The van der Waals surface area contributed by atoms with E-state index in [1.807, 2.05) is 37.1 Å². The molecule has 2 aromatic heterocycles. The number of nitrogen functional groups attached to an aromatic ring is 1. The Balaban J connectivity index is 1.46. The number of aromatic nitrogens is 1. The van der Waals surface area contributed by atoms with Gasteiger partial charge in [0.25, 0.3) is 0 Å². The standard InChI is InChI=1S/C18H23ClN4O2S2/c1-18(2,3)25-17(24)23-7-10-5-22(6-11(10)8-23)15-14(21-16(20)27-15)13-4-12(19)9-26-13/h4,9-11H,5-8H2,1-3H3,(H2,20,21). The molecule has 2 fully saturated rings. The van der Waals surface area contributed by atoms with Crippen LogP contribution in [0.15, 0.2) is 11.4 Å². The van der Waals surface area contributed by atoms with E-state index in [-0.39, 0.29) is 6.09 Å². The third-order valence-electron chi connectivity index (χ3n) is 4.85. The maximum Gasteiger partial charge on any atom is 0.410 e. The Labute approximate surface area is 171 Å². The molecular weight excluding hydrogens is 404 g/mol. The molecule has 0 aliphatic carbocycles. The SMILES string of the molecule is CC(C)(C)OC(=O)N1CC2CN(c3sc(N)nc3-c3cc(Cl)cs3)CC2C1. The van der Waals surface area contributed by atoms with Gasteiger partial charge < -0.3 is 20.3 Å². The highest BCUT2D eigenvalue weighted by Crippen LogP contribution is 2.44. The van der Waals surface area contributed by atoms with Gasteiger partial charge in [-0.15, -0.1) is 11.3 Å². The van der Waals surface area contributed by atoms with Gasteiger partial charge in [0.15, 0.2) is 5.13 Å². The lowest BCUT2D eigenvalue weighted by Gasteiger charge is -2.26. The number of hydrogen-bond donors (Lipinski definition) is 1. The minimum atomic E-state index is -0.460. The lowest BCUT2D eigenvalue weighted by molar-refractivity contribution is 0.0282. The summed E-state index contributed by atoms with van der Waals surface area (Å²) in [6.07, 6.45) is -0.209. The molecule has 2 unspecified atom stereocenters. The number of thiazole rings is 1. The Morgan fingerprint density at radius 2 is 1.96 bits per heavy atom. The number of amides is 1. The van der Waals surface area contributed by atoms with Crippen molar-refractivity contribution in [3.05, 3.63) is 16.5 Å². The minimum absolute atomic E-state index is 0.209. The molecule has 27 heavy (non-hydrogen) atoms. The van der Waals surface area contributed by atoms with E-state index in [1.165, 1.54) is 11.3 Å². The van der Waals surface area contributed by atoms with Crippen LogP contribution >= 0.6 is 34.3 Å². The molecule has 1 amide bonds. The first kappa shape index (κ1) is 18.8. The average Bonchev–Trinajstić information content (AvgIpc) is 3.26. The van der Waals surface area contributed by atoms with Gasteiger partial charge in [0.05, 0.1) is 9.90 Å². The number of nitrogens with two attached hydrogens (primary N) is 1. The smallest absolute Gasteiger partial charge is 0.410 e. The summed E-state index contributed by atoms with van der Waals surface area (Å²) in [6.45, 7) is 8.98. The highest BCUT2D eigenvalue weighted by molar-refractivity contribution is 7.20. The molecule has 0 saturated carbocycles. The highest BCUT2D eigenvalue weighted by Gasteiger charge is 2.43. The van der Waals surface area contributed by atoms with Crippen molar-refractivity contribution in [1.29, 1.82) is 0 Å². The van der Waals surface area contributed by atoms with Gasteiger partial charge in [0.1, 0.15) is 16.3 Å². The number of carbonyl (C=O) groups excluding carboxylic acids is 1. The molecule has 146 valence electrons. The quantitative estimate of drug-likeness (QED) is 0.769. The Kier molecular flexibility index (Phi) is 4.76. The van der Waals surface area contributed by atoms with Crippen molar-refractivity contribution in [3.8, 4) is 10.6 Å². The van der Waals surface area contributed by atoms with E-state index in [1.54, 1.807) is 11.3 Å². The first-order valence-electron chi connectivity index (χ1n) is 8.93. The third-order valence-corrected chi connectivity index (χ3v) is 7.08. The van der Waals surface area contributed by atoms with Crippen LogP contribution in [-0.2, 0) is 4.74 Å². The van der Waals surface area contributed by atoms with Crippen molar-refractivity contribution >= 4 is 50.5 Å². The van der Waals surface area contributed by atoms with Gasteiger partial charge in [-0.2, -0.15) is 0 Å². The first-order valence-corrected chi connectivity index (χ1v) is 11.0. The van der Waals surface area contributed by atoms with Crippen LogP contribution in [-0.4, -0.2) is 47.8 Å². The monoisotopic (exact) mass is 426 g/mol. The lowest BCUT2D eigenvalue weighted by atomic mass is 10.0. The van der Waals surface area contributed by atoms with Crippen molar-refractivity contribution in [3.63, 3.8) is 0 Å². The van der Waals surface area contributed by atoms with Crippen LogP contribution in [0.3, 0.4) is 0 Å². The number of anilines is 2. The van der Waals surface area contributed by atoms with Gasteiger partial charge in [-0.05, 0) is 26.8 Å². The number of nitrogens with zero attached hydrogens (tertiary/aromatic N) is 3. The number of hydrogen-bond acceptors (Lipinski definition) is 7. The van der Waals surface area contributed by atoms with Crippen LogP contribution in [0.2, 0.25) is 5.02 Å². The molecule has 0 radical (unpaired) electrons. The second-order valence-corrected chi connectivity index (χ2v) is 10.5. The summed E-state index contributed by atoms with van der Waals surface area (Å²) in [7, 11) is 0. The van der Waals surface area contributed by atoms with Crippen LogP contribution in [0, 0.1) is 11.8 Å². The topological polar surface area (TPSA) is 71.7 Å². The van der Waals surface area contributed by atoms with Crippen molar-refractivity contribution in [2.45, 2.75) is 26.4 Å². The van der Waals surface area contributed by atoms with E-state index in [0.717, 1.165) is 46.8 Å². The zero-order chi connectivity index (χ0) is 19.3. The molecule has 6 nitrogen and oxygen atoms in total. The maximum absolute atomic E-state index is 12.3. The molecule has 2 atom stereocenters. The molecule has 0 aromatic carbocycles. The van der Waals surface area contributed by atoms with Crippen molar-refractivity contribution in [1.82, 2.24) is 9.88 Å². The molecule has 2 aliphatic rings. The van der Waals surface area contributed by atoms with Crippen molar-refractivity contribution in [2.75, 3.05) is 36.8 Å². The number of fused-ring (bicyclic) bond motifs is 1. The summed E-state index contributed by atoms with van der Waals surface area (Å²) >= 11 is 9.19. The van der Waals surface area contributed by atoms with Gasteiger partial charge in [-0.3, -0.25) is 0 Å². The van der Waals surface area contributed by atoms with Crippen LogP contribution in [0.5, 0.6) is 0 Å². The molecule has 2 aromatic rings. The van der Waals surface area contributed by atoms with Crippen LogP contribution in [0.4, 0.5) is 14.9 Å². The fraction of sp³-hybridized carbons (Fsp3) is 0.556. The normalized spacial score (nSPS) is 22.4. The zero-order valence-corrected chi connectivity index (χ0v) is 18.0. The maximum atomic E-state index is 12.3. The van der Waals surface area contributed by atoms with Gasteiger partial charge in [-0.1, -0.05) is 22.9 Å². The molecule has 0 spiro atoms. The average molecular weight is 427 g/mol. The van der Waals surface area contributed by atoms with E-state index in [0.29, 0.717) is 17.0 Å². The van der Waals surface area contributed by atoms with Crippen LogP contribution < -0.4 is 10.6 Å². The van der Waals surface area contributed by atoms with Gasteiger partial charge in [-0.25, -0.2) is 9.78 Å². The molecular formula is C18H23ClN4O2S2. The fourth-order valence-corrected chi connectivity index (χ4v) is 5.77. The molecule has 2 aliphatic heterocycles. The second kappa shape index (κ2) is 6.83. The van der Waals surface area contributed by atoms with Gasteiger partial charge >= 0.3 is 6.09 Å². The number of ether oxygens (including phenoxy) is 1. The predicted molar refractivity (Wildman–Crippen MR) is 112 cm³/mol. The van der Waals surface area contributed by atoms with Gasteiger partial charge in [0.2, 0.25) is 0 Å². The largest absolute Gasteiger partial charge is 0.444 e. The first-order chi connectivity index (χ1) is 12.7. The molecule has 9 heteroatoms. The summed E-state index contributed by atoms with van der Waals surface area (Å²) in [6, 6.07) is 1.94. The van der Waals surface area contributed by atoms with Crippen molar-refractivity contribution < 1.29 is 9.53 Å². The number of likely N-dealkylation sites (tertiary alicyclic amines) is 1. The summed E-state index contributed by atoms with van der Waals surface area (Å²) in [4.78, 5) is 22.1. The molecule has 2 saturated heterocycles. The predicted octanol–water partition coefficient (Wildman–Crippen LogP) is 4.41. The molecule has 4 rings (SSSR count). The Morgan fingerprint density at radius 1 is 1.30 bits per heavy atom. The number of carbonyl (C=O) groups is 1. The number of halogens is 1. The molecule has 0 bridgehead atoms. The van der Waals surface area contributed by atoms with Crippen LogP contribution in [0.25, 0.3) is 10.6 Å². The highest BCUT2D eigenvalue weighted by atomic mass is 35.5. The summed E-state index contributed by atoms with van der Waals surface area (Å²) in [5.41, 5.74) is 6.47. The van der Waals surface area contributed by atoms with Crippen LogP contribution in [0.1, 0.15) is 20.8 Å². The number of thiophene rings is 1. The van der Waals surface area contributed by atoms with E-state index < -0.39 is 5.60 Å². The Hall–Kier alpha value is -1.51. The fourth-order valence-electron chi connectivity index (χ4n) is 3.77. The minimum Gasteiger partial charge on any atom is -0.444 e. The summed E-state index contributed by atoms with van der Waals surface area (Å²) in [5.74, 6) is 0.890. The summed E-state index contributed by atoms with van der Waals surface area (Å²) < 4.78 is 5.52. The van der Waals surface area contributed by atoms with E-state index in [2.05, 4.69) is 9.88 Å². The zero-order valence-electron chi connectivity index (χ0n) is 15.6. The van der Waals surface area contributed by atoms with E-state index in [4.69, 9.17) is 22.1 Å². The van der Waals surface area contributed by atoms with E-state index >= 15 is 0 Å². The summed E-state index contributed by atoms with van der Waals surface area (Å²) in [5, 5.41) is 4.30. The van der Waals surface area contributed by atoms with Crippen molar-refractivity contribution in [2.24, 2.45) is 11.8 Å². The Bertz CT molecular complexity index is 846. The van der Waals surface area contributed by atoms with E-state index in [9.17, 15) is 4.79 Å². The second-order valence-electron chi connectivity index (χ2n) is 8.15. The molecule has 2 N–H and O–H groups in total. The number of rotatable bonds is 2. The van der Waals surface area contributed by atoms with Gasteiger partial charge in [0, 0.05) is 43.4 Å². The lowest BCUT2D eigenvalue weighted by Crippen LogP contribution is -2.37.